The molecule has 1 aliphatic heterocycles. The van der Waals surface area contributed by atoms with Crippen molar-refractivity contribution in [2.75, 3.05) is 6.54 Å². The molecule has 0 aliphatic carbocycles. The monoisotopic (exact) mass is 205 g/mol. The minimum Gasteiger partial charge on any atom is -0.391 e. The van der Waals surface area contributed by atoms with Gasteiger partial charge in [0.25, 0.3) is 0 Å². The molecule has 0 radical (unpaired) electrons. The Bertz CT molecular complexity index is 282. The molecule has 1 aliphatic rings. The van der Waals surface area contributed by atoms with Crippen LogP contribution in [-0.2, 0) is 0 Å². The van der Waals surface area contributed by atoms with Crippen molar-refractivity contribution >= 4 is 0 Å². The lowest BCUT2D eigenvalue weighted by molar-refractivity contribution is 0.726. The van der Waals surface area contributed by atoms with Crippen LogP contribution in [0.25, 0.3) is 0 Å². The fraction of sp³-hybridized carbons (Fsp3) is 0.571. The fourth-order valence-corrected chi connectivity index (χ4v) is 1.94. The molecular formula is C14H23N. The molecule has 15 heavy (non-hydrogen) atoms. The van der Waals surface area contributed by atoms with Crippen molar-refractivity contribution in [3.8, 4) is 0 Å². The lowest BCUT2D eigenvalue weighted by atomic mass is 9.92. The van der Waals surface area contributed by atoms with E-state index < -0.39 is 0 Å². The normalized spacial score (nSPS) is 25.5. The molecular weight excluding hydrogens is 182 g/mol. The van der Waals surface area contributed by atoms with Crippen molar-refractivity contribution in [3.05, 3.63) is 35.6 Å². The molecule has 1 heterocycles. The van der Waals surface area contributed by atoms with E-state index in [-0.39, 0.29) is 0 Å². The quantitative estimate of drug-likeness (QED) is 0.723. The lowest BCUT2D eigenvalue weighted by Crippen LogP contribution is -2.10. The van der Waals surface area contributed by atoms with E-state index >= 15 is 0 Å². The Kier molecular flexibility index (Phi) is 4.67. The van der Waals surface area contributed by atoms with Crippen LogP contribution in [0.3, 0.4) is 0 Å². The average molecular weight is 205 g/mol. The molecule has 1 heteroatoms. The highest BCUT2D eigenvalue weighted by Gasteiger charge is 2.09. The highest BCUT2D eigenvalue weighted by Crippen LogP contribution is 2.24. The highest BCUT2D eigenvalue weighted by molar-refractivity contribution is 5.37. The summed E-state index contributed by atoms with van der Waals surface area (Å²) in [6.07, 6.45) is 7.84. The summed E-state index contributed by atoms with van der Waals surface area (Å²) in [5.74, 6) is 0.578. The summed E-state index contributed by atoms with van der Waals surface area (Å²) in [7, 11) is 0. The minimum atomic E-state index is 0.578. The van der Waals surface area contributed by atoms with Gasteiger partial charge in [0.1, 0.15) is 0 Å². The number of allylic oxidation sites excluding steroid dienone is 4. The second-order valence-corrected chi connectivity index (χ2v) is 4.49. The topological polar surface area (TPSA) is 12.0 Å². The molecule has 0 bridgehead atoms. The Morgan fingerprint density at radius 1 is 1.47 bits per heavy atom. The van der Waals surface area contributed by atoms with Gasteiger partial charge in [0, 0.05) is 12.7 Å². The largest absolute Gasteiger partial charge is 0.391 e. The molecule has 0 spiro atoms. The van der Waals surface area contributed by atoms with Crippen molar-refractivity contribution in [1.82, 2.24) is 5.32 Å². The van der Waals surface area contributed by atoms with Crippen LogP contribution >= 0.6 is 0 Å². The summed E-state index contributed by atoms with van der Waals surface area (Å²) < 4.78 is 0. The van der Waals surface area contributed by atoms with E-state index in [4.69, 9.17) is 0 Å². The van der Waals surface area contributed by atoms with Crippen LogP contribution in [-0.4, -0.2) is 6.54 Å². The van der Waals surface area contributed by atoms with E-state index in [2.05, 4.69) is 44.9 Å². The molecule has 0 unspecified atom stereocenters. The zero-order valence-electron chi connectivity index (χ0n) is 10.3. The van der Waals surface area contributed by atoms with Crippen molar-refractivity contribution in [2.24, 2.45) is 5.92 Å². The van der Waals surface area contributed by atoms with E-state index in [0.717, 1.165) is 19.4 Å². The average Bonchev–Trinajstić information content (AvgIpc) is 2.27. The van der Waals surface area contributed by atoms with Gasteiger partial charge in [-0.25, -0.2) is 0 Å². The van der Waals surface area contributed by atoms with Gasteiger partial charge in [0.15, 0.2) is 0 Å². The van der Waals surface area contributed by atoms with Crippen molar-refractivity contribution in [1.29, 1.82) is 0 Å². The summed E-state index contributed by atoms with van der Waals surface area (Å²) in [4.78, 5) is 0. The van der Waals surface area contributed by atoms with Gasteiger partial charge in [-0.3, -0.25) is 0 Å². The van der Waals surface area contributed by atoms with Crippen molar-refractivity contribution in [3.63, 3.8) is 0 Å². The molecule has 0 saturated heterocycles. The van der Waals surface area contributed by atoms with Gasteiger partial charge in [-0.15, -0.1) is 0 Å². The second-order valence-electron chi connectivity index (χ2n) is 4.49. The smallest absolute Gasteiger partial charge is 0.0144 e. The summed E-state index contributed by atoms with van der Waals surface area (Å²) >= 11 is 0. The number of rotatable bonds is 2. The Morgan fingerprint density at radius 2 is 2.20 bits per heavy atom. The molecule has 0 aromatic rings. The Labute approximate surface area is 94.0 Å². The van der Waals surface area contributed by atoms with E-state index in [1.807, 2.05) is 0 Å². The SMILES string of the molecule is C=C1/C=C(CC)\C(C(C)C)=C/NCCC1. The maximum Gasteiger partial charge on any atom is 0.0144 e. The summed E-state index contributed by atoms with van der Waals surface area (Å²) in [6, 6.07) is 0. The first-order valence-corrected chi connectivity index (χ1v) is 5.97. The lowest BCUT2D eigenvalue weighted by Gasteiger charge is -2.14. The minimum absolute atomic E-state index is 0.578. The van der Waals surface area contributed by atoms with Crippen LogP contribution in [0.5, 0.6) is 0 Å². The van der Waals surface area contributed by atoms with Gasteiger partial charge >= 0.3 is 0 Å². The molecule has 0 fully saturated rings. The third-order valence-corrected chi connectivity index (χ3v) is 2.83. The van der Waals surface area contributed by atoms with Crippen molar-refractivity contribution < 1.29 is 0 Å². The van der Waals surface area contributed by atoms with Gasteiger partial charge < -0.3 is 5.32 Å². The zero-order valence-corrected chi connectivity index (χ0v) is 10.3. The maximum absolute atomic E-state index is 4.12. The third-order valence-electron chi connectivity index (χ3n) is 2.83. The number of hydrogen-bond acceptors (Lipinski definition) is 1. The predicted molar refractivity (Wildman–Crippen MR) is 67.7 cm³/mol. The molecule has 84 valence electrons. The standard InChI is InChI=1S/C14H23N/c1-5-13-9-12(4)7-6-8-15-10-14(13)11(2)3/h9-11,15H,4-8H2,1-3H3/b13-9-,14-10-. The van der Waals surface area contributed by atoms with Crippen LogP contribution in [0.15, 0.2) is 35.6 Å². The highest BCUT2D eigenvalue weighted by atomic mass is 14.8. The molecule has 0 atom stereocenters. The molecule has 1 rings (SSSR count). The Morgan fingerprint density at radius 3 is 2.80 bits per heavy atom. The van der Waals surface area contributed by atoms with E-state index in [9.17, 15) is 0 Å². The number of hydrogen-bond donors (Lipinski definition) is 1. The molecule has 1 N–H and O–H groups in total. The summed E-state index contributed by atoms with van der Waals surface area (Å²) in [5, 5.41) is 3.40. The van der Waals surface area contributed by atoms with Gasteiger partial charge in [-0.2, -0.15) is 0 Å². The molecule has 0 aromatic heterocycles. The van der Waals surface area contributed by atoms with Crippen LogP contribution < -0.4 is 5.32 Å². The van der Waals surface area contributed by atoms with Gasteiger partial charge in [-0.1, -0.05) is 39.0 Å². The summed E-state index contributed by atoms with van der Waals surface area (Å²) in [6.45, 7) is 11.9. The first-order chi connectivity index (χ1) is 7.15. The first-order valence-electron chi connectivity index (χ1n) is 5.97. The maximum atomic E-state index is 4.12. The van der Waals surface area contributed by atoms with Gasteiger partial charge in [0.2, 0.25) is 0 Å². The molecule has 0 amide bonds. The molecule has 1 nitrogen and oxygen atoms in total. The first kappa shape index (κ1) is 12.1. The van der Waals surface area contributed by atoms with Crippen molar-refractivity contribution in [2.45, 2.75) is 40.0 Å². The predicted octanol–water partition coefficient (Wildman–Crippen LogP) is 3.80. The molecule has 0 saturated carbocycles. The van der Waals surface area contributed by atoms with E-state index in [0.29, 0.717) is 5.92 Å². The van der Waals surface area contributed by atoms with Crippen LogP contribution in [0.1, 0.15) is 40.0 Å². The third kappa shape index (κ3) is 3.58. The molecule has 0 aromatic carbocycles. The number of nitrogens with one attached hydrogen (secondary N) is 1. The second kappa shape index (κ2) is 5.79. The Hall–Kier alpha value is -0.980. The summed E-state index contributed by atoms with van der Waals surface area (Å²) in [5.41, 5.74) is 4.13. The van der Waals surface area contributed by atoms with E-state index in [1.165, 1.54) is 23.1 Å². The zero-order chi connectivity index (χ0) is 11.3. The van der Waals surface area contributed by atoms with Crippen LogP contribution in [0.4, 0.5) is 0 Å². The fourth-order valence-electron chi connectivity index (χ4n) is 1.94. The van der Waals surface area contributed by atoms with Gasteiger partial charge in [-0.05, 0) is 36.3 Å². The van der Waals surface area contributed by atoms with E-state index in [1.54, 1.807) is 0 Å². The van der Waals surface area contributed by atoms with Crippen LogP contribution in [0.2, 0.25) is 0 Å². The Balaban J connectivity index is 2.98. The van der Waals surface area contributed by atoms with Crippen LogP contribution in [0, 0.1) is 5.92 Å². The van der Waals surface area contributed by atoms with Gasteiger partial charge in [0.05, 0.1) is 0 Å².